The molecule has 0 N–H and O–H groups in total. The largest absolute Gasteiger partial charge is 0.296 e. The third-order valence-corrected chi connectivity index (χ3v) is 4.92. The van der Waals surface area contributed by atoms with Crippen LogP contribution in [0.3, 0.4) is 0 Å². The number of halogens is 3. The molecule has 0 aliphatic rings. The molecule has 0 radical (unpaired) electrons. The maximum Gasteiger partial charge on any atom is 0.296 e. The molecule has 0 aliphatic heterocycles. The van der Waals surface area contributed by atoms with E-state index in [1.165, 1.54) is 4.57 Å². The maximum atomic E-state index is 11.5. The summed E-state index contributed by atoms with van der Waals surface area (Å²) < 4.78 is 25.2. The highest BCUT2D eigenvalue weighted by atomic mass is 79.9. The van der Waals surface area contributed by atoms with E-state index >= 15 is 0 Å². The molecule has 1 aromatic heterocycles. The Morgan fingerprint density at radius 3 is 2.45 bits per heavy atom. The lowest BCUT2D eigenvalue weighted by Gasteiger charge is -2.12. The zero-order valence-corrected chi connectivity index (χ0v) is 14.4. The Morgan fingerprint density at radius 1 is 1.30 bits per heavy atom. The predicted molar refractivity (Wildman–Crippen MR) is 81.6 cm³/mol. The highest BCUT2D eigenvalue weighted by Crippen LogP contribution is 2.31. The SMILES string of the molecule is CC(C)n1c(-c2ccc(Cl)c(Br)c2)nnc1S(=O)(=O)Cl. The summed E-state index contributed by atoms with van der Waals surface area (Å²) >= 11 is 9.26. The van der Waals surface area contributed by atoms with Gasteiger partial charge in [0.15, 0.2) is 5.82 Å². The zero-order valence-electron chi connectivity index (χ0n) is 10.5. The van der Waals surface area contributed by atoms with Gasteiger partial charge < -0.3 is 0 Å². The van der Waals surface area contributed by atoms with Crippen molar-refractivity contribution in [3.8, 4) is 11.4 Å². The van der Waals surface area contributed by atoms with E-state index < -0.39 is 9.05 Å². The van der Waals surface area contributed by atoms with Crippen molar-refractivity contribution in [1.82, 2.24) is 14.8 Å². The van der Waals surface area contributed by atoms with Gasteiger partial charge in [-0.2, -0.15) is 0 Å². The number of rotatable bonds is 3. The topological polar surface area (TPSA) is 64.8 Å². The van der Waals surface area contributed by atoms with E-state index in [1.807, 2.05) is 13.8 Å². The van der Waals surface area contributed by atoms with Crippen molar-refractivity contribution in [3.05, 3.63) is 27.7 Å². The molecule has 0 unspecified atom stereocenters. The second kappa shape index (κ2) is 5.63. The van der Waals surface area contributed by atoms with Crippen LogP contribution in [0.2, 0.25) is 5.02 Å². The Bertz CT molecular complexity index is 759. The van der Waals surface area contributed by atoms with Crippen molar-refractivity contribution < 1.29 is 8.42 Å². The molecule has 0 bridgehead atoms. The van der Waals surface area contributed by atoms with Gasteiger partial charge in [-0.25, -0.2) is 8.42 Å². The molecule has 9 heteroatoms. The van der Waals surface area contributed by atoms with E-state index in [9.17, 15) is 8.42 Å². The van der Waals surface area contributed by atoms with Crippen LogP contribution in [-0.2, 0) is 9.05 Å². The van der Waals surface area contributed by atoms with Gasteiger partial charge in [-0.3, -0.25) is 4.57 Å². The normalized spacial score (nSPS) is 12.1. The molecule has 0 saturated heterocycles. The van der Waals surface area contributed by atoms with E-state index in [0.717, 1.165) is 0 Å². The third kappa shape index (κ3) is 3.00. The Kier molecular flexibility index (Phi) is 4.44. The maximum absolute atomic E-state index is 11.5. The molecule has 5 nitrogen and oxygen atoms in total. The Morgan fingerprint density at radius 2 is 1.95 bits per heavy atom. The van der Waals surface area contributed by atoms with E-state index in [2.05, 4.69) is 26.1 Å². The zero-order chi connectivity index (χ0) is 15.1. The predicted octanol–water partition coefficient (Wildman–Crippen LogP) is 3.87. The molecular formula is C11H10BrCl2N3O2S. The van der Waals surface area contributed by atoms with Gasteiger partial charge in [0.2, 0.25) is 0 Å². The average Bonchev–Trinajstić information content (AvgIpc) is 2.77. The van der Waals surface area contributed by atoms with Crippen LogP contribution >= 0.6 is 38.2 Å². The average molecular weight is 399 g/mol. The van der Waals surface area contributed by atoms with Gasteiger partial charge in [-0.15, -0.1) is 10.2 Å². The second-order valence-electron chi connectivity index (χ2n) is 4.34. The van der Waals surface area contributed by atoms with Gasteiger partial charge in [-0.05, 0) is 48.0 Å². The summed E-state index contributed by atoms with van der Waals surface area (Å²) in [6.07, 6.45) is 0. The van der Waals surface area contributed by atoms with E-state index in [1.54, 1.807) is 18.2 Å². The van der Waals surface area contributed by atoms with Crippen LogP contribution in [0.25, 0.3) is 11.4 Å². The molecule has 1 aromatic carbocycles. The van der Waals surface area contributed by atoms with Crippen LogP contribution in [0.5, 0.6) is 0 Å². The van der Waals surface area contributed by atoms with E-state index in [4.69, 9.17) is 22.3 Å². The minimum absolute atomic E-state index is 0.169. The fourth-order valence-electron chi connectivity index (χ4n) is 1.74. The molecule has 2 rings (SSSR count). The quantitative estimate of drug-likeness (QED) is 0.736. The first-order valence-corrected chi connectivity index (χ1v) is 9.05. The first-order chi connectivity index (χ1) is 9.21. The molecule has 2 aromatic rings. The highest BCUT2D eigenvalue weighted by Gasteiger charge is 2.25. The Balaban J connectivity index is 2.69. The lowest BCUT2D eigenvalue weighted by molar-refractivity contribution is 0.530. The number of nitrogens with zero attached hydrogens (tertiary/aromatic N) is 3. The van der Waals surface area contributed by atoms with Gasteiger partial charge in [-0.1, -0.05) is 11.6 Å². The molecule has 20 heavy (non-hydrogen) atoms. The van der Waals surface area contributed by atoms with Crippen molar-refractivity contribution in [2.75, 3.05) is 0 Å². The van der Waals surface area contributed by atoms with Crippen LogP contribution in [-0.4, -0.2) is 23.2 Å². The van der Waals surface area contributed by atoms with Crippen molar-refractivity contribution >= 4 is 47.3 Å². The van der Waals surface area contributed by atoms with Gasteiger partial charge in [0.05, 0.1) is 5.02 Å². The second-order valence-corrected chi connectivity index (χ2v) is 8.06. The third-order valence-electron chi connectivity index (χ3n) is 2.58. The fourth-order valence-corrected chi connectivity index (χ4v) is 3.22. The number of hydrogen-bond donors (Lipinski definition) is 0. The molecule has 0 atom stereocenters. The van der Waals surface area contributed by atoms with Crippen molar-refractivity contribution in [3.63, 3.8) is 0 Å². The van der Waals surface area contributed by atoms with Crippen LogP contribution in [0.4, 0.5) is 0 Å². The molecule has 0 aliphatic carbocycles. The minimum atomic E-state index is -3.96. The first kappa shape index (κ1) is 15.8. The standard InChI is InChI=1S/C11H10BrCl2N3O2S/c1-6(2)17-10(15-16-11(17)20(14,18)19)7-3-4-9(13)8(12)5-7/h3-6H,1-2H3. The van der Waals surface area contributed by atoms with Crippen molar-refractivity contribution in [1.29, 1.82) is 0 Å². The van der Waals surface area contributed by atoms with Gasteiger partial charge in [0.1, 0.15) is 0 Å². The number of benzene rings is 1. The molecule has 0 spiro atoms. The Labute approximate surface area is 134 Å². The summed E-state index contributed by atoms with van der Waals surface area (Å²) in [6, 6.07) is 5.00. The van der Waals surface area contributed by atoms with Crippen LogP contribution in [0.1, 0.15) is 19.9 Å². The molecule has 0 amide bonds. The molecule has 108 valence electrons. The summed E-state index contributed by atoms with van der Waals surface area (Å²) in [5, 5.41) is 7.89. The first-order valence-electron chi connectivity index (χ1n) is 5.57. The summed E-state index contributed by atoms with van der Waals surface area (Å²) in [5.41, 5.74) is 0.689. The van der Waals surface area contributed by atoms with Crippen LogP contribution < -0.4 is 0 Å². The molecule has 0 saturated carbocycles. The van der Waals surface area contributed by atoms with Crippen molar-refractivity contribution in [2.45, 2.75) is 25.0 Å². The smallest absolute Gasteiger partial charge is 0.294 e. The number of aromatic nitrogens is 3. The van der Waals surface area contributed by atoms with Gasteiger partial charge in [0.25, 0.3) is 14.2 Å². The van der Waals surface area contributed by atoms with Crippen LogP contribution in [0, 0.1) is 0 Å². The summed E-state index contributed by atoms with van der Waals surface area (Å²) in [6.45, 7) is 3.65. The molecule has 1 heterocycles. The molecule has 0 fully saturated rings. The van der Waals surface area contributed by atoms with Crippen molar-refractivity contribution in [2.24, 2.45) is 0 Å². The lowest BCUT2D eigenvalue weighted by atomic mass is 10.2. The minimum Gasteiger partial charge on any atom is -0.294 e. The van der Waals surface area contributed by atoms with Gasteiger partial charge >= 0.3 is 0 Å². The van der Waals surface area contributed by atoms with Crippen LogP contribution in [0.15, 0.2) is 27.8 Å². The molecular weight excluding hydrogens is 389 g/mol. The number of hydrogen-bond acceptors (Lipinski definition) is 4. The van der Waals surface area contributed by atoms with E-state index in [-0.39, 0.29) is 11.2 Å². The summed E-state index contributed by atoms with van der Waals surface area (Å²) in [7, 11) is 1.42. The monoisotopic (exact) mass is 397 g/mol. The summed E-state index contributed by atoms with van der Waals surface area (Å²) in [5.74, 6) is 0.414. The lowest BCUT2D eigenvalue weighted by Crippen LogP contribution is -2.10. The van der Waals surface area contributed by atoms with E-state index in [0.29, 0.717) is 20.9 Å². The highest BCUT2D eigenvalue weighted by molar-refractivity contribution is 9.10. The summed E-state index contributed by atoms with van der Waals surface area (Å²) in [4.78, 5) is 0. The fraction of sp³-hybridized carbons (Fsp3) is 0.273. The Hall–Kier alpha value is -0.630. The van der Waals surface area contributed by atoms with Gasteiger partial charge in [0, 0.05) is 26.8 Å².